The molecule has 20 heavy (non-hydrogen) atoms. The SMILES string of the molecule is CNCCN(C)CCN(C)Cc1ccc(OC)cc1.Cl. The van der Waals surface area contributed by atoms with Crippen molar-refractivity contribution in [3.05, 3.63) is 29.8 Å². The average molecular weight is 302 g/mol. The third-order valence-electron chi connectivity index (χ3n) is 3.22. The molecule has 0 amide bonds. The Bertz CT molecular complexity index is 345. The predicted octanol–water partition coefficient (Wildman–Crippen LogP) is 1.70. The van der Waals surface area contributed by atoms with E-state index in [1.807, 2.05) is 19.2 Å². The first-order valence-electron chi connectivity index (χ1n) is 6.80. The quantitative estimate of drug-likeness (QED) is 0.751. The van der Waals surface area contributed by atoms with Gasteiger partial charge in [-0.2, -0.15) is 0 Å². The Morgan fingerprint density at radius 1 is 1.00 bits per heavy atom. The number of likely N-dealkylation sites (N-methyl/N-ethyl adjacent to an activating group) is 3. The van der Waals surface area contributed by atoms with Gasteiger partial charge in [-0.3, -0.25) is 0 Å². The first-order valence-corrected chi connectivity index (χ1v) is 6.80. The fourth-order valence-corrected chi connectivity index (χ4v) is 1.88. The summed E-state index contributed by atoms with van der Waals surface area (Å²) in [6, 6.07) is 8.28. The van der Waals surface area contributed by atoms with Gasteiger partial charge in [-0.15, -0.1) is 12.4 Å². The van der Waals surface area contributed by atoms with Crippen LogP contribution in [0.3, 0.4) is 0 Å². The van der Waals surface area contributed by atoms with Crippen LogP contribution >= 0.6 is 12.4 Å². The number of hydrogen-bond acceptors (Lipinski definition) is 4. The van der Waals surface area contributed by atoms with Crippen molar-refractivity contribution in [2.75, 3.05) is 54.4 Å². The van der Waals surface area contributed by atoms with Gasteiger partial charge in [0.15, 0.2) is 0 Å². The molecular formula is C15H28ClN3O. The van der Waals surface area contributed by atoms with Crippen LogP contribution in [0.15, 0.2) is 24.3 Å². The van der Waals surface area contributed by atoms with Crippen LogP contribution in [0.1, 0.15) is 5.56 Å². The van der Waals surface area contributed by atoms with Gasteiger partial charge in [0.2, 0.25) is 0 Å². The molecule has 5 heteroatoms. The fourth-order valence-electron chi connectivity index (χ4n) is 1.88. The fraction of sp³-hybridized carbons (Fsp3) is 0.600. The van der Waals surface area contributed by atoms with E-state index in [0.29, 0.717) is 0 Å². The summed E-state index contributed by atoms with van der Waals surface area (Å²) in [5, 5.41) is 3.17. The number of ether oxygens (including phenoxy) is 1. The van der Waals surface area contributed by atoms with Crippen LogP contribution in [0, 0.1) is 0 Å². The highest BCUT2D eigenvalue weighted by Crippen LogP contribution is 2.12. The van der Waals surface area contributed by atoms with Crippen molar-refractivity contribution in [1.82, 2.24) is 15.1 Å². The maximum absolute atomic E-state index is 5.16. The normalized spacial score (nSPS) is 10.7. The number of rotatable bonds is 9. The summed E-state index contributed by atoms with van der Waals surface area (Å²) in [5.41, 5.74) is 1.32. The van der Waals surface area contributed by atoms with Crippen LogP contribution in [0.25, 0.3) is 0 Å². The Labute approximate surface area is 129 Å². The molecule has 0 bridgehead atoms. The number of nitrogens with zero attached hydrogens (tertiary/aromatic N) is 2. The minimum absolute atomic E-state index is 0. The molecule has 0 radical (unpaired) electrons. The first kappa shape index (κ1) is 19.2. The highest BCUT2D eigenvalue weighted by Gasteiger charge is 2.03. The molecule has 0 heterocycles. The van der Waals surface area contributed by atoms with Crippen LogP contribution in [0.2, 0.25) is 0 Å². The number of nitrogens with one attached hydrogen (secondary N) is 1. The van der Waals surface area contributed by atoms with Crippen molar-refractivity contribution in [3.63, 3.8) is 0 Å². The third-order valence-corrected chi connectivity index (χ3v) is 3.22. The van der Waals surface area contributed by atoms with Crippen molar-refractivity contribution in [3.8, 4) is 5.75 Å². The summed E-state index contributed by atoms with van der Waals surface area (Å²) in [6.45, 7) is 5.27. The lowest BCUT2D eigenvalue weighted by Gasteiger charge is -2.22. The van der Waals surface area contributed by atoms with Gasteiger partial charge in [0.1, 0.15) is 5.75 Å². The van der Waals surface area contributed by atoms with E-state index in [1.165, 1.54) is 5.56 Å². The summed E-state index contributed by atoms with van der Waals surface area (Å²) in [6.07, 6.45) is 0. The van der Waals surface area contributed by atoms with E-state index in [9.17, 15) is 0 Å². The van der Waals surface area contributed by atoms with Crippen molar-refractivity contribution >= 4 is 12.4 Å². The Kier molecular flexibility index (Phi) is 10.5. The van der Waals surface area contributed by atoms with Crippen LogP contribution in [0.4, 0.5) is 0 Å². The largest absolute Gasteiger partial charge is 0.497 e. The molecule has 0 unspecified atom stereocenters. The third kappa shape index (κ3) is 7.70. The van der Waals surface area contributed by atoms with Crippen LogP contribution in [-0.2, 0) is 6.54 Å². The topological polar surface area (TPSA) is 27.7 Å². The lowest BCUT2D eigenvalue weighted by Crippen LogP contribution is -2.34. The zero-order valence-corrected chi connectivity index (χ0v) is 13.9. The molecule has 0 aliphatic heterocycles. The zero-order chi connectivity index (χ0) is 14.1. The van der Waals surface area contributed by atoms with E-state index < -0.39 is 0 Å². The average Bonchev–Trinajstić information content (AvgIpc) is 2.43. The van der Waals surface area contributed by atoms with Crippen molar-refractivity contribution < 1.29 is 4.74 Å². The second-order valence-electron chi connectivity index (χ2n) is 4.99. The van der Waals surface area contributed by atoms with Crippen LogP contribution in [-0.4, -0.2) is 64.2 Å². The first-order chi connectivity index (χ1) is 9.15. The van der Waals surface area contributed by atoms with E-state index in [4.69, 9.17) is 4.74 Å². The van der Waals surface area contributed by atoms with E-state index >= 15 is 0 Å². The van der Waals surface area contributed by atoms with Gasteiger partial charge < -0.3 is 19.9 Å². The number of halogens is 1. The number of benzene rings is 1. The van der Waals surface area contributed by atoms with Crippen LogP contribution < -0.4 is 10.1 Å². The molecular weight excluding hydrogens is 274 g/mol. The molecule has 0 fully saturated rings. The summed E-state index contributed by atoms with van der Waals surface area (Å²) in [4.78, 5) is 4.69. The Hall–Kier alpha value is -0.810. The van der Waals surface area contributed by atoms with Gasteiger partial charge in [0, 0.05) is 32.7 Å². The predicted molar refractivity (Wildman–Crippen MR) is 88.0 cm³/mol. The highest BCUT2D eigenvalue weighted by molar-refractivity contribution is 5.85. The van der Waals surface area contributed by atoms with Gasteiger partial charge in [0.05, 0.1) is 7.11 Å². The maximum Gasteiger partial charge on any atom is 0.118 e. The molecule has 1 rings (SSSR count). The van der Waals surface area contributed by atoms with E-state index in [1.54, 1.807) is 7.11 Å². The molecule has 0 aliphatic carbocycles. The zero-order valence-electron chi connectivity index (χ0n) is 13.1. The molecule has 0 spiro atoms. The van der Waals surface area contributed by atoms with Gasteiger partial charge >= 0.3 is 0 Å². The summed E-state index contributed by atoms with van der Waals surface area (Å²) < 4.78 is 5.16. The van der Waals surface area contributed by atoms with E-state index in [2.05, 4.69) is 41.3 Å². The molecule has 1 N–H and O–H groups in total. The Morgan fingerprint density at radius 3 is 2.15 bits per heavy atom. The lowest BCUT2D eigenvalue weighted by atomic mass is 10.2. The highest BCUT2D eigenvalue weighted by atomic mass is 35.5. The minimum atomic E-state index is 0. The van der Waals surface area contributed by atoms with Crippen molar-refractivity contribution in [1.29, 1.82) is 0 Å². The van der Waals surface area contributed by atoms with Gasteiger partial charge in [-0.05, 0) is 38.8 Å². The van der Waals surface area contributed by atoms with Crippen LogP contribution in [0.5, 0.6) is 5.75 Å². The molecule has 0 aromatic heterocycles. The molecule has 0 aliphatic rings. The monoisotopic (exact) mass is 301 g/mol. The standard InChI is InChI=1S/C15H27N3O.ClH/c1-16-9-10-17(2)11-12-18(3)13-14-5-7-15(19-4)8-6-14;/h5-8,16H,9-13H2,1-4H3;1H. The maximum atomic E-state index is 5.16. The Balaban J connectivity index is 0.00000361. The van der Waals surface area contributed by atoms with Crippen molar-refractivity contribution in [2.45, 2.75) is 6.54 Å². The van der Waals surface area contributed by atoms with Gasteiger partial charge in [-0.25, -0.2) is 0 Å². The summed E-state index contributed by atoms with van der Waals surface area (Å²) >= 11 is 0. The Morgan fingerprint density at radius 2 is 1.60 bits per heavy atom. The molecule has 1 aromatic rings. The van der Waals surface area contributed by atoms with Gasteiger partial charge in [-0.1, -0.05) is 12.1 Å². The van der Waals surface area contributed by atoms with E-state index in [0.717, 1.165) is 38.5 Å². The molecule has 0 saturated carbocycles. The second kappa shape index (κ2) is 10.9. The molecule has 4 nitrogen and oxygen atoms in total. The summed E-state index contributed by atoms with van der Waals surface area (Å²) in [5.74, 6) is 0.915. The molecule has 0 atom stereocenters. The summed E-state index contributed by atoms with van der Waals surface area (Å²) in [7, 11) is 8.01. The van der Waals surface area contributed by atoms with Crippen molar-refractivity contribution in [2.24, 2.45) is 0 Å². The molecule has 1 aromatic carbocycles. The van der Waals surface area contributed by atoms with E-state index in [-0.39, 0.29) is 12.4 Å². The smallest absolute Gasteiger partial charge is 0.118 e. The minimum Gasteiger partial charge on any atom is -0.497 e. The number of methoxy groups -OCH3 is 1. The van der Waals surface area contributed by atoms with Gasteiger partial charge in [0.25, 0.3) is 0 Å². The second-order valence-corrected chi connectivity index (χ2v) is 4.99. The molecule has 116 valence electrons. The molecule has 0 saturated heterocycles. The number of hydrogen-bond donors (Lipinski definition) is 1. The lowest BCUT2D eigenvalue weighted by molar-refractivity contribution is 0.252.